The Hall–Kier alpha value is -1.51. The second-order valence-electron chi connectivity index (χ2n) is 4.76. The molecule has 0 aliphatic heterocycles. The molecule has 21 heavy (non-hydrogen) atoms. The van der Waals surface area contributed by atoms with E-state index in [9.17, 15) is 13.6 Å². The zero-order valence-electron chi connectivity index (χ0n) is 10.8. The van der Waals surface area contributed by atoms with Crippen LogP contribution in [0.15, 0.2) is 29.1 Å². The number of nitrogens with one attached hydrogen (secondary N) is 1. The molecule has 0 spiro atoms. The fourth-order valence-corrected chi connectivity index (χ4v) is 2.79. The number of halogens is 3. The van der Waals surface area contributed by atoms with E-state index >= 15 is 0 Å². The second kappa shape index (κ2) is 5.70. The lowest BCUT2D eigenvalue weighted by Gasteiger charge is -2.11. The number of nitrogens with zero attached hydrogens (tertiary/aromatic N) is 1. The number of benzene rings is 1. The van der Waals surface area contributed by atoms with Crippen LogP contribution in [-0.2, 0) is 0 Å². The maximum Gasteiger partial charge on any atom is 0.387 e. The molecule has 7 heteroatoms. The first-order chi connectivity index (χ1) is 10.1. The molecule has 1 aromatic heterocycles. The van der Waals surface area contributed by atoms with Crippen molar-refractivity contribution in [3.05, 3.63) is 43.9 Å². The number of hydrogen-bond acceptors (Lipinski definition) is 3. The first-order valence-corrected chi connectivity index (χ1v) is 7.48. The highest BCUT2D eigenvalue weighted by atomic mass is 127. The van der Waals surface area contributed by atoms with Crippen LogP contribution in [-0.4, -0.2) is 16.6 Å². The summed E-state index contributed by atoms with van der Waals surface area (Å²) in [5.74, 6) is 0.554. The summed E-state index contributed by atoms with van der Waals surface area (Å²) in [6.45, 7) is -2.93. The van der Waals surface area contributed by atoms with Crippen LogP contribution >= 0.6 is 22.6 Å². The Morgan fingerprint density at radius 3 is 2.71 bits per heavy atom. The van der Waals surface area contributed by atoms with Gasteiger partial charge in [0.15, 0.2) is 0 Å². The van der Waals surface area contributed by atoms with Crippen LogP contribution in [0.1, 0.15) is 24.5 Å². The van der Waals surface area contributed by atoms with Crippen LogP contribution in [0, 0.1) is 3.57 Å². The highest BCUT2D eigenvalue weighted by molar-refractivity contribution is 14.1. The molecule has 0 bridgehead atoms. The first kappa shape index (κ1) is 14.4. The van der Waals surface area contributed by atoms with E-state index in [2.05, 4.69) is 14.7 Å². The Morgan fingerprint density at radius 2 is 2.05 bits per heavy atom. The highest BCUT2D eigenvalue weighted by Gasteiger charge is 2.29. The van der Waals surface area contributed by atoms with E-state index in [0.29, 0.717) is 15.1 Å². The van der Waals surface area contributed by atoms with Crippen molar-refractivity contribution in [2.75, 3.05) is 0 Å². The van der Waals surface area contributed by atoms with Gasteiger partial charge in [-0.2, -0.15) is 8.78 Å². The van der Waals surface area contributed by atoms with Gasteiger partial charge in [0.1, 0.15) is 11.6 Å². The predicted octanol–water partition coefficient (Wildman–Crippen LogP) is 3.52. The summed E-state index contributed by atoms with van der Waals surface area (Å²) in [6.07, 6.45) is 2.00. The first-order valence-electron chi connectivity index (χ1n) is 6.40. The summed E-state index contributed by atoms with van der Waals surface area (Å²) in [5.41, 5.74) is 0.837. The minimum atomic E-state index is -2.93. The molecule has 3 rings (SSSR count). The summed E-state index contributed by atoms with van der Waals surface area (Å²) in [4.78, 5) is 19.1. The molecular formula is C14H11F2IN2O2. The quantitative estimate of drug-likeness (QED) is 0.794. The molecule has 0 unspecified atom stereocenters. The fourth-order valence-electron chi connectivity index (χ4n) is 2.09. The molecule has 1 fully saturated rings. The number of hydrogen-bond donors (Lipinski definition) is 1. The average Bonchev–Trinajstić information content (AvgIpc) is 3.26. The minimum Gasteiger partial charge on any atom is -0.434 e. The molecule has 110 valence electrons. The molecule has 1 N–H and O–H groups in total. The van der Waals surface area contributed by atoms with E-state index in [1.807, 2.05) is 22.6 Å². The lowest BCUT2D eigenvalue weighted by molar-refractivity contribution is -0.0494. The number of H-pyrrole nitrogens is 1. The monoisotopic (exact) mass is 404 g/mol. The summed E-state index contributed by atoms with van der Waals surface area (Å²) < 4.78 is 30.0. The molecule has 4 nitrogen and oxygen atoms in total. The summed E-state index contributed by atoms with van der Waals surface area (Å²) in [6, 6.07) is 6.30. The molecular weight excluding hydrogens is 393 g/mol. The van der Waals surface area contributed by atoms with Crippen molar-refractivity contribution in [2.24, 2.45) is 0 Å². The Labute approximate surface area is 132 Å². The van der Waals surface area contributed by atoms with Gasteiger partial charge in [-0.3, -0.25) is 4.79 Å². The van der Waals surface area contributed by atoms with Gasteiger partial charge in [-0.25, -0.2) is 4.98 Å². The molecule has 0 atom stereocenters. The smallest absolute Gasteiger partial charge is 0.387 e. The summed E-state index contributed by atoms with van der Waals surface area (Å²) in [7, 11) is 0. The van der Waals surface area contributed by atoms with Gasteiger partial charge in [-0.1, -0.05) is 12.1 Å². The molecule has 2 aromatic rings. The van der Waals surface area contributed by atoms with Gasteiger partial charge >= 0.3 is 6.61 Å². The number of alkyl halides is 2. The van der Waals surface area contributed by atoms with Crippen molar-refractivity contribution < 1.29 is 13.5 Å². The van der Waals surface area contributed by atoms with Crippen molar-refractivity contribution in [1.29, 1.82) is 0 Å². The van der Waals surface area contributed by atoms with E-state index < -0.39 is 6.61 Å². The largest absolute Gasteiger partial charge is 0.434 e. The van der Waals surface area contributed by atoms with Crippen LogP contribution < -0.4 is 10.3 Å². The lowest BCUT2D eigenvalue weighted by atomic mass is 10.1. The topological polar surface area (TPSA) is 55.0 Å². The highest BCUT2D eigenvalue weighted by Crippen LogP contribution is 2.41. The molecule has 1 aromatic carbocycles. The Balaban J connectivity index is 2.10. The van der Waals surface area contributed by atoms with E-state index in [-0.39, 0.29) is 17.1 Å². The van der Waals surface area contributed by atoms with E-state index in [1.165, 1.54) is 6.07 Å². The summed E-state index contributed by atoms with van der Waals surface area (Å²) >= 11 is 1.97. The van der Waals surface area contributed by atoms with Gasteiger partial charge < -0.3 is 9.72 Å². The van der Waals surface area contributed by atoms with Gasteiger partial charge in [0.25, 0.3) is 5.56 Å². The van der Waals surface area contributed by atoms with Crippen LogP contribution in [0.25, 0.3) is 11.4 Å². The molecule has 0 radical (unpaired) electrons. The molecule has 0 amide bonds. The van der Waals surface area contributed by atoms with Crippen LogP contribution in [0.3, 0.4) is 0 Å². The zero-order chi connectivity index (χ0) is 15.0. The van der Waals surface area contributed by atoms with Crippen molar-refractivity contribution >= 4 is 22.6 Å². The third-order valence-corrected chi connectivity index (χ3v) is 4.25. The van der Waals surface area contributed by atoms with Crippen LogP contribution in [0.2, 0.25) is 0 Å². The normalized spacial score (nSPS) is 14.5. The van der Waals surface area contributed by atoms with Crippen molar-refractivity contribution in [2.45, 2.75) is 25.4 Å². The molecule has 1 heterocycles. The number of para-hydroxylation sites is 1. The van der Waals surface area contributed by atoms with Crippen LogP contribution in [0.5, 0.6) is 5.75 Å². The van der Waals surface area contributed by atoms with E-state index in [4.69, 9.17) is 0 Å². The molecule has 0 saturated heterocycles. The van der Waals surface area contributed by atoms with Gasteiger partial charge in [0.2, 0.25) is 0 Å². The Kier molecular flexibility index (Phi) is 3.92. The van der Waals surface area contributed by atoms with Crippen molar-refractivity contribution in [3.8, 4) is 17.1 Å². The predicted molar refractivity (Wildman–Crippen MR) is 81.6 cm³/mol. The van der Waals surface area contributed by atoms with E-state index in [1.54, 1.807) is 18.2 Å². The molecule has 1 aliphatic rings. The third kappa shape index (κ3) is 3.07. The number of ether oxygens (including phenoxy) is 1. The van der Waals surface area contributed by atoms with Gasteiger partial charge in [0.05, 0.1) is 14.8 Å². The zero-order valence-corrected chi connectivity index (χ0v) is 12.9. The second-order valence-corrected chi connectivity index (χ2v) is 5.84. The van der Waals surface area contributed by atoms with Crippen molar-refractivity contribution in [3.63, 3.8) is 0 Å². The van der Waals surface area contributed by atoms with Crippen LogP contribution in [0.4, 0.5) is 8.78 Å². The Morgan fingerprint density at radius 1 is 1.33 bits per heavy atom. The number of aromatic nitrogens is 2. The number of rotatable bonds is 4. The van der Waals surface area contributed by atoms with Gasteiger partial charge in [-0.15, -0.1) is 0 Å². The van der Waals surface area contributed by atoms with Gasteiger partial charge in [-0.05, 0) is 47.6 Å². The molecule has 1 saturated carbocycles. The summed E-state index contributed by atoms with van der Waals surface area (Å²) in [5, 5.41) is 0. The molecule has 1 aliphatic carbocycles. The fraction of sp³-hybridized carbons (Fsp3) is 0.286. The van der Waals surface area contributed by atoms with Gasteiger partial charge in [0, 0.05) is 5.92 Å². The lowest BCUT2D eigenvalue weighted by Crippen LogP contribution is -2.16. The maximum atomic E-state index is 12.5. The van der Waals surface area contributed by atoms with E-state index in [0.717, 1.165) is 18.5 Å². The standard InChI is InChI=1S/C14H11F2IN2O2/c15-14(16)21-9-4-2-1-3-8(9)12-18-11(7-5-6-7)10(17)13(20)19-12/h1-4,7,14H,5-6H2,(H,18,19,20). The SMILES string of the molecule is O=c1[nH]c(-c2ccccc2OC(F)F)nc(C2CC2)c1I. The number of aromatic amines is 1. The maximum absolute atomic E-state index is 12.5. The average molecular weight is 404 g/mol. The Bertz CT molecular complexity index is 729. The van der Waals surface area contributed by atoms with Crippen molar-refractivity contribution in [1.82, 2.24) is 9.97 Å². The third-order valence-electron chi connectivity index (χ3n) is 3.21. The minimum absolute atomic E-state index is 0.00129.